The minimum absolute atomic E-state index is 0.372. The van der Waals surface area contributed by atoms with Crippen molar-refractivity contribution in [2.45, 2.75) is 18.9 Å². The van der Waals surface area contributed by atoms with Gasteiger partial charge in [-0.25, -0.2) is 17.4 Å². The second-order valence-electron chi connectivity index (χ2n) is 11.5. The fourth-order valence-corrected chi connectivity index (χ4v) is 7.02. The van der Waals surface area contributed by atoms with Crippen LogP contribution < -0.4 is 15.5 Å². The topological polar surface area (TPSA) is 127 Å². The molecule has 4 aromatic heterocycles. The van der Waals surface area contributed by atoms with Crippen LogP contribution in [0.5, 0.6) is 0 Å². The van der Waals surface area contributed by atoms with Crippen molar-refractivity contribution in [1.82, 2.24) is 33.7 Å². The number of aromatic nitrogens is 5. The van der Waals surface area contributed by atoms with Crippen LogP contribution >= 0.6 is 0 Å². The molecule has 5 aromatic rings. The second kappa shape index (κ2) is 11.1. The average molecular weight is 601 g/mol. The zero-order valence-electron chi connectivity index (χ0n) is 24.4. The molecule has 0 aliphatic carbocycles. The monoisotopic (exact) mass is 600 g/mol. The number of aromatic amines is 1. The molecule has 2 aliphatic rings. The molecule has 43 heavy (non-hydrogen) atoms. The minimum Gasteiger partial charge on any atom is -0.370 e. The molecule has 0 spiro atoms. The van der Waals surface area contributed by atoms with Crippen LogP contribution in [0.4, 0.5) is 29.0 Å². The van der Waals surface area contributed by atoms with Crippen LogP contribution in [-0.4, -0.2) is 101 Å². The molecule has 2 fully saturated rings. The number of piperidine rings is 1. The fraction of sp³-hybridized carbons (Fsp3) is 0.367. The Kier molecular flexibility index (Phi) is 7.15. The third kappa shape index (κ3) is 5.63. The standard InChI is InChI=1S/C30H36N10O2S/c1-37-16-18-39(19-17-37)22-10-13-38(14-11-22)23-6-7-26(32-20-23)34-30-35-28-24(8-12-31-28)29(36-30)33-25-5-3-4-21-9-15-40(27(21)25)43(2,41)42/h3-9,12,15,20,22H,10-11,13-14,16-19H2,1-2H3,(H3,31,32,33,34,35,36). The highest BCUT2D eigenvalue weighted by molar-refractivity contribution is 7.89. The van der Waals surface area contributed by atoms with Crippen molar-refractivity contribution in [3.63, 3.8) is 0 Å². The molecular formula is C30H36N10O2S. The van der Waals surface area contributed by atoms with Gasteiger partial charge in [-0.1, -0.05) is 12.1 Å². The predicted octanol–water partition coefficient (Wildman–Crippen LogP) is 3.82. The molecule has 6 heterocycles. The van der Waals surface area contributed by atoms with Gasteiger partial charge < -0.3 is 25.4 Å². The Labute approximate surface area is 250 Å². The van der Waals surface area contributed by atoms with E-state index in [-0.39, 0.29) is 0 Å². The summed E-state index contributed by atoms with van der Waals surface area (Å²) in [6.45, 7) is 6.71. The summed E-state index contributed by atoms with van der Waals surface area (Å²) < 4.78 is 26.2. The first-order chi connectivity index (χ1) is 20.8. The fourth-order valence-electron chi connectivity index (χ4n) is 6.20. The van der Waals surface area contributed by atoms with Gasteiger partial charge in [-0.3, -0.25) is 4.90 Å². The Hall–Kier alpha value is -4.20. The smallest absolute Gasteiger partial charge is 0.236 e. The maximum absolute atomic E-state index is 12.4. The molecule has 7 rings (SSSR count). The lowest BCUT2D eigenvalue weighted by molar-refractivity contribution is 0.0982. The third-order valence-electron chi connectivity index (χ3n) is 8.57. The van der Waals surface area contributed by atoms with Gasteiger partial charge in [0.15, 0.2) is 0 Å². The van der Waals surface area contributed by atoms with Crippen LogP contribution in [0.3, 0.4) is 0 Å². The summed E-state index contributed by atoms with van der Waals surface area (Å²) in [5.41, 5.74) is 2.95. The number of nitrogens with zero attached hydrogens (tertiary/aromatic N) is 7. The highest BCUT2D eigenvalue weighted by atomic mass is 32.2. The maximum atomic E-state index is 12.4. The van der Waals surface area contributed by atoms with E-state index in [4.69, 9.17) is 4.98 Å². The zero-order chi connectivity index (χ0) is 29.6. The second-order valence-corrected chi connectivity index (χ2v) is 13.3. The Morgan fingerprint density at radius 3 is 2.49 bits per heavy atom. The van der Waals surface area contributed by atoms with Crippen molar-refractivity contribution in [3.8, 4) is 0 Å². The summed E-state index contributed by atoms with van der Waals surface area (Å²) in [5, 5.41) is 8.18. The van der Waals surface area contributed by atoms with E-state index < -0.39 is 10.0 Å². The number of pyridine rings is 1. The van der Waals surface area contributed by atoms with Crippen molar-refractivity contribution in [2.24, 2.45) is 0 Å². The molecule has 2 aliphatic heterocycles. The number of para-hydroxylation sites is 1. The summed E-state index contributed by atoms with van der Waals surface area (Å²) >= 11 is 0. The van der Waals surface area contributed by atoms with Crippen molar-refractivity contribution < 1.29 is 8.42 Å². The molecule has 0 bridgehead atoms. The van der Waals surface area contributed by atoms with Crippen LogP contribution in [0.1, 0.15) is 12.8 Å². The number of likely N-dealkylation sites (N-methyl/N-ethyl adjacent to an activating group) is 1. The third-order valence-corrected chi connectivity index (χ3v) is 9.59. The number of nitrogens with one attached hydrogen (secondary N) is 3. The van der Waals surface area contributed by atoms with Gasteiger partial charge in [0, 0.05) is 63.1 Å². The first kappa shape index (κ1) is 27.6. The highest BCUT2D eigenvalue weighted by Crippen LogP contribution is 2.31. The Balaban J connectivity index is 1.07. The van der Waals surface area contributed by atoms with E-state index in [0.29, 0.717) is 40.5 Å². The Morgan fingerprint density at radius 1 is 0.930 bits per heavy atom. The number of H-pyrrole nitrogens is 1. The summed E-state index contributed by atoms with van der Waals surface area (Å²) in [7, 11) is -1.29. The number of anilines is 5. The van der Waals surface area contributed by atoms with Gasteiger partial charge >= 0.3 is 0 Å². The number of hydrogen-bond donors (Lipinski definition) is 3. The molecule has 3 N–H and O–H groups in total. The SMILES string of the molecule is CN1CCN(C2CCN(c3ccc(Nc4nc(Nc5cccc6ccn(S(C)(=O)=O)c56)c5cc[nH]c5n4)nc3)CC2)CC1. The van der Waals surface area contributed by atoms with Gasteiger partial charge in [-0.15, -0.1) is 0 Å². The van der Waals surface area contributed by atoms with E-state index in [1.165, 1.54) is 36.2 Å². The van der Waals surface area contributed by atoms with Crippen LogP contribution in [0.2, 0.25) is 0 Å². The van der Waals surface area contributed by atoms with Crippen LogP contribution in [0.25, 0.3) is 21.9 Å². The number of hydrogen-bond acceptors (Lipinski definition) is 10. The number of benzene rings is 1. The molecule has 224 valence electrons. The zero-order valence-corrected chi connectivity index (χ0v) is 25.2. The van der Waals surface area contributed by atoms with E-state index in [0.717, 1.165) is 42.6 Å². The lowest BCUT2D eigenvalue weighted by Crippen LogP contribution is -2.52. The first-order valence-corrected chi connectivity index (χ1v) is 16.5. The molecular weight excluding hydrogens is 564 g/mol. The normalized spacial score (nSPS) is 17.6. The molecule has 0 atom stereocenters. The van der Waals surface area contributed by atoms with E-state index in [1.54, 1.807) is 18.5 Å². The summed E-state index contributed by atoms with van der Waals surface area (Å²) in [6, 6.07) is 14.0. The van der Waals surface area contributed by atoms with E-state index in [1.807, 2.05) is 36.5 Å². The van der Waals surface area contributed by atoms with Crippen LogP contribution in [0.15, 0.2) is 61.1 Å². The van der Waals surface area contributed by atoms with Gasteiger partial charge in [0.25, 0.3) is 0 Å². The van der Waals surface area contributed by atoms with Gasteiger partial charge in [0.1, 0.15) is 17.3 Å². The minimum atomic E-state index is -3.49. The van der Waals surface area contributed by atoms with Gasteiger partial charge in [0.2, 0.25) is 16.0 Å². The molecule has 0 radical (unpaired) electrons. The molecule has 13 heteroatoms. The van der Waals surface area contributed by atoms with Crippen LogP contribution in [0, 0.1) is 0 Å². The Morgan fingerprint density at radius 2 is 1.74 bits per heavy atom. The van der Waals surface area contributed by atoms with Crippen molar-refractivity contribution in [3.05, 3.63) is 61.1 Å². The lowest BCUT2D eigenvalue weighted by Gasteiger charge is -2.42. The molecule has 0 unspecified atom stereocenters. The van der Waals surface area contributed by atoms with Gasteiger partial charge in [-0.05, 0) is 50.2 Å². The number of piperazine rings is 1. The molecule has 0 saturated carbocycles. The first-order valence-electron chi connectivity index (χ1n) is 14.7. The van der Waals surface area contributed by atoms with Crippen molar-refractivity contribution >= 4 is 60.9 Å². The molecule has 1 aromatic carbocycles. The molecule has 12 nitrogen and oxygen atoms in total. The number of rotatable bonds is 7. The Bertz CT molecular complexity index is 1850. The summed E-state index contributed by atoms with van der Waals surface area (Å²) in [5.74, 6) is 1.56. The summed E-state index contributed by atoms with van der Waals surface area (Å²) in [6.07, 6.45) is 8.81. The van der Waals surface area contributed by atoms with Gasteiger partial charge in [0.05, 0.1) is 34.7 Å². The van der Waals surface area contributed by atoms with E-state index in [2.05, 4.69) is 53.4 Å². The largest absolute Gasteiger partial charge is 0.370 e. The average Bonchev–Trinajstić information content (AvgIpc) is 3.67. The molecule has 2 saturated heterocycles. The lowest BCUT2D eigenvalue weighted by atomic mass is 10.0. The molecule has 0 amide bonds. The van der Waals surface area contributed by atoms with E-state index >= 15 is 0 Å². The van der Waals surface area contributed by atoms with E-state index in [9.17, 15) is 8.42 Å². The van der Waals surface area contributed by atoms with Crippen LogP contribution in [-0.2, 0) is 10.0 Å². The van der Waals surface area contributed by atoms with Gasteiger partial charge in [-0.2, -0.15) is 9.97 Å². The van der Waals surface area contributed by atoms with Crippen molar-refractivity contribution in [2.75, 3.05) is 68.1 Å². The maximum Gasteiger partial charge on any atom is 0.236 e. The highest BCUT2D eigenvalue weighted by Gasteiger charge is 2.27. The van der Waals surface area contributed by atoms with Crippen molar-refractivity contribution in [1.29, 1.82) is 0 Å². The quantitative estimate of drug-likeness (QED) is 0.254. The number of fused-ring (bicyclic) bond motifs is 2. The summed E-state index contributed by atoms with van der Waals surface area (Å²) in [4.78, 5) is 24.7. The predicted molar refractivity (Wildman–Crippen MR) is 171 cm³/mol.